The average Bonchev–Trinajstić information content (AvgIpc) is 2.68. The Kier molecular flexibility index (Phi) is 2.52. The molecule has 0 amide bonds. The van der Waals surface area contributed by atoms with E-state index in [9.17, 15) is 0 Å². The smallest absolute Gasteiger partial charge is 0.188 e. The van der Waals surface area contributed by atoms with E-state index in [4.69, 9.17) is 5.11 Å². The summed E-state index contributed by atoms with van der Waals surface area (Å²) in [5.41, 5.74) is -0.00319. The van der Waals surface area contributed by atoms with Crippen LogP contribution in [0, 0.1) is 5.41 Å². The molecule has 0 aromatic rings. The lowest BCUT2D eigenvalue weighted by molar-refractivity contribution is 0.146. The lowest BCUT2D eigenvalue weighted by atomic mass is 9.87. The second kappa shape index (κ2) is 3.13. The molecule has 0 saturated heterocycles. The fraction of sp³-hybridized carbons (Fsp3) is 1.00. The Balaban J connectivity index is 2.09. The highest BCUT2D eigenvalue weighted by atomic mass is 16.3. The van der Waals surface area contributed by atoms with Gasteiger partial charge in [-0.15, -0.1) is 0 Å². The van der Waals surface area contributed by atoms with Gasteiger partial charge in [0.15, 0.2) is 5.66 Å². The van der Waals surface area contributed by atoms with Crippen LogP contribution in [-0.2, 0) is 0 Å². The number of hydrogen-bond acceptors (Lipinski definition) is 3. The zero-order valence-corrected chi connectivity index (χ0v) is 8.17. The molecule has 1 aliphatic rings. The van der Waals surface area contributed by atoms with E-state index >= 15 is 0 Å². The molecule has 0 bridgehead atoms. The van der Waals surface area contributed by atoms with E-state index in [1.54, 1.807) is 0 Å². The Morgan fingerprint density at radius 3 is 2.33 bits per heavy atom. The van der Waals surface area contributed by atoms with Crippen LogP contribution in [0.25, 0.3) is 0 Å². The lowest BCUT2D eigenvalue weighted by Crippen LogP contribution is -2.17. The normalized spacial score (nSPS) is 19.7. The predicted octanol–water partition coefficient (Wildman–Crippen LogP) is 2.36. The molecule has 0 atom stereocenters. The molecule has 1 aliphatic heterocycles. The highest BCUT2D eigenvalue weighted by Crippen LogP contribution is 2.34. The van der Waals surface area contributed by atoms with Crippen molar-refractivity contribution in [2.75, 3.05) is 6.61 Å². The van der Waals surface area contributed by atoms with Crippen molar-refractivity contribution in [2.24, 2.45) is 15.6 Å². The van der Waals surface area contributed by atoms with E-state index in [1.807, 2.05) is 6.92 Å². The van der Waals surface area contributed by atoms with Crippen LogP contribution in [0.2, 0.25) is 0 Å². The van der Waals surface area contributed by atoms with E-state index in [-0.39, 0.29) is 17.7 Å². The summed E-state index contributed by atoms with van der Waals surface area (Å²) < 4.78 is 0. The van der Waals surface area contributed by atoms with Crippen LogP contribution < -0.4 is 0 Å². The molecular formula is C9H18N2O. The summed E-state index contributed by atoms with van der Waals surface area (Å²) in [7, 11) is 0. The molecule has 3 heteroatoms. The van der Waals surface area contributed by atoms with E-state index in [2.05, 4.69) is 24.1 Å². The first kappa shape index (κ1) is 9.65. The van der Waals surface area contributed by atoms with Gasteiger partial charge in [-0.3, -0.25) is 0 Å². The van der Waals surface area contributed by atoms with Gasteiger partial charge in [0.05, 0.1) is 0 Å². The molecule has 1 N–H and O–H groups in total. The molecule has 0 saturated carbocycles. The number of aliphatic hydroxyl groups is 1. The molecule has 70 valence electrons. The molecule has 1 rings (SSSR count). The van der Waals surface area contributed by atoms with Gasteiger partial charge in [0.25, 0.3) is 0 Å². The topological polar surface area (TPSA) is 45.0 Å². The SMILES string of the molecule is CC(C)(CO)CCCC1(C)N=N1. The molecule has 0 aliphatic carbocycles. The average molecular weight is 170 g/mol. The first-order valence-corrected chi connectivity index (χ1v) is 4.52. The van der Waals surface area contributed by atoms with Gasteiger partial charge < -0.3 is 5.11 Å². The van der Waals surface area contributed by atoms with E-state index in [0.717, 1.165) is 19.3 Å². The third-order valence-electron chi connectivity index (χ3n) is 2.37. The molecule has 0 unspecified atom stereocenters. The van der Waals surface area contributed by atoms with Crippen molar-refractivity contribution in [2.45, 2.75) is 45.7 Å². The van der Waals surface area contributed by atoms with Gasteiger partial charge in [-0.1, -0.05) is 13.8 Å². The highest BCUT2D eigenvalue weighted by Gasteiger charge is 2.33. The largest absolute Gasteiger partial charge is 0.396 e. The molecule has 0 radical (unpaired) electrons. The summed E-state index contributed by atoms with van der Waals surface area (Å²) in [5.74, 6) is 0. The van der Waals surface area contributed by atoms with Crippen LogP contribution in [0.4, 0.5) is 0 Å². The minimum atomic E-state index is -0.0640. The maximum atomic E-state index is 8.99. The maximum Gasteiger partial charge on any atom is 0.188 e. The van der Waals surface area contributed by atoms with Crippen LogP contribution in [0.1, 0.15) is 40.0 Å². The monoisotopic (exact) mass is 170 g/mol. The molecule has 0 spiro atoms. The van der Waals surface area contributed by atoms with Crippen molar-refractivity contribution in [1.29, 1.82) is 0 Å². The third-order valence-corrected chi connectivity index (χ3v) is 2.37. The van der Waals surface area contributed by atoms with Crippen LogP contribution in [-0.4, -0.2) is 17.4 Å². The number of hydrogen-bond donors (Lipinski definition) is 1. The second-order valence-electron chi connectivity index (χ2n) is 4.59. The molecule has 0 aromatic heterocycles. The van der Waals surface area contributed by atoms with Crippen molar-refractivity contribution >= 4 is 0 Å². The lowest BCUT2D eigenvalue weighted by Gasteiger charge is -2.21. The van der Waals surface area contributed by atoms with Crippen molar-refractivity contribution in [3.63, 3.8) is 0 Å². The molecule has 0 aromatic carbocycles. The van der Waals surface area contributed by atoms with Crippen molar-refractivity contribution in [1.82, 2.24) is 0 Å². The van der Waals surface area contributed by atoms with Gasteiger partial charge in [-0.2, -0.15) is 10.2 Å². The highest BCUT2D eigenvalue weighted by molar-refractivity contribution is 4.88. The van der Waals surface area contributed by atoms with Gasteiger partial charge in [0.1, 0.15) is 0 Å². The number of aliphatic hydroxyl groups excluding tert-OH is 1. The summed E-state index contributed by atoms with van der Waals surface area (Å²) in [6, 6.07) is 0. The zero-order chi connectivity index (χ0) is 9.24. The summed E-state index contributed by atoms with van der Waals surface area (Å²) in [6.07, 6.45) is 3.16. The van der Waals surface area contributed by atoms with Gasteiger partial charge >= 0.3 is 0 Å². The summed E-state index contributed by atoms with van der Waals surface area (Å²) in [6.45, 7) is 6.46. The Morgan fingerprint density at radius 2 is 1.92 bits per heavy atom. The molecule has 1 heterocycles. The van der Waals surface area contributed by atoms with Crippen LogP contribution in [0.3, 0.4) is 0 Å². The van der Waals surface area contributed by atoms with E-state index < -0.39 is 0 Å². The second-order valence-corrected chi connectivity index (χ2v) is 4.59. The predicted molar refractivity (Wildman–Crippen MR) is 48.0 cm³/mol. The maximum absolute atomic E-state index is 8.99. The Labute approximate surface area is 73.9 Å². The minimum absolute atomic E-state index is 0.0608. The first-order chi connectivity index (χ1) is 5.47. The van der Waals surface area contributed by atoms with Crippen LogP contribution >= 0.6 is 0 Å². The Bertz CT molecular complexity index is 181. The fourth-order valence-corrected chi connectivity index (χ4v) is 1.17. The Hall–Kier alpha value is -0.440. The van der Waals surface area contributed by atoms with Gasteiger partial charge in [-0.25, -0.2) is 0 Å². The van der Waals surface area contributed by atoms with Gasteiger partial charge in [-0.05, 0) is 31.6 Å². The quantitative estimate of drug-likeness (QED) is 0.676. The van der Waals surface area contributed by atoms with Crippen LogP contribution in [0.5, 0.6) is 0 Å². The summed E-state index contributed by atoms with van der Waals surface area (Å²) in [4.78, 5) is 0. The van der Waals surface area contributed by atoms with Crippen molar-refractivity contribution in [3.8, 4) is 0 Å². The standard InChI is InChI=1S/C9H18N2O/c1-8(2,7-12)5-4-6-9(3)10-11-9/h12H,4-7H2,1-3H3. The number of nitrogens with zero attached hydrogens (tertiary/aromatic N) is 2. The van der Waals surface area contributed by atoms with E-state index in [1.165, 1.54) is 0 Å². The van der Waals surface area contributed by atoms with Crippen molar-refractivity contribution < 1.29 is 5.11 Å². The van der Waals surface area contributed by atoms with E-state index in [0.29, 0.717) is 0 Å². The summed E-state index contributed by atoms with van der Waals surface area (Å²) in [5, 5.41) is 16.9. The minimum Gasteiger partial charge on any atom is -0.396 e. The first-order valence-electron chi connectivity index (χ1n) is 4.52. The van der Waals surface area contributed by atoms with Crippen molar-refractivity contribution in [3.05, 3.63) is 0 Å². The molecule has 3 nitrogen and oxygen atoms in total. The zero-order valence-electron chi connectivity index (χ0n) is 8.17. The van der Waals surface area contributed by atoms with Crippen LogP contribution in [0.15, 0.2) is 10.2 Å². The van der Waals surface area contributed by atoms with Gasteiger partial charge in [0, 0.05) is 6.61 Å². The number of rotatable bonds is 5. The molecular weight excluding hydrogens is 152 g/mol. The molecule has 12 heavy (non-hydrogen) atoms. The third kappa shape index (κ3) is 2.89. The molecule has 0 fully saturated rings. The summed E-state index contributed by atoms with van der Waals surface area (Å²) >= 11 is 0. The van der Waals surface area contributed by atoms with Gasteiger partial charge in [0.2, 0.25) is 0 Å². The fourth-order valence-electron chi connectivity index (χ4n) is 1.17. The Morgan fingerprint density at radius 1 is 1.33 bits per heavy atom.